The summed E-state index contributed by atoms with van der Waals surface area (Å²) in [6.45, 7) is 1.88. The molecule has 0 bridgehead atoms. The summed E-state index contributed by atoms with van der Waals surface area (Å²) in [7, 11) is 1.89. The average molecular weight is 231 g/mol. The molecule has 0 spiro atoms. The lowest BCUT2D eigenvalue weighted by molar-refractivity contribution is 0.765. The maximum atomic E-state index is 8.94. The molecule has 0 aromatic carbocycles. The molecule has 2 rings (SSSR count). The Balaban J connectivity index is 2.35. The zero-order valence-corrected chi connectivity index (χ0v) is 9.69. The van der Waals surface area contributed by atoms with Gasteiger partial charge in [0.1, 0.15) is 11.9 Å². The molecule has 0 unspecified atom stereocenters. The molecule has 0 saturated heterocycles. The van der Waals surface area contributed by atoms with E-state index in [9.17, 15) is 0 Å². The first-order valence-corrected chi connectivity index (χ1v) is 5.42. The molecule has 0 aliphatic carbocycles. The van der Waals surface area contributed by atoms with Crippen molar-refractivity contribution < 1.29 is 0 Å². The van der Waals surface area contributed by atoms with Crippen LogP contribution < -0.4 is 0 Å². The molecular formula is C10H9N5S. The highest BCUT2D eigenvalue weighted by Gasteiger charge is 2.09. The molecule has 0 aliphatic rings. The van der Waals surface area contributed by atoms with Crippen LogP contribution in [0.1, 0.15) is 11.4 Å². The Labute approximate surface area is 97.1 Å². The molecule has 16 heavy (non-hydrogen) atoms. The van der Waals surface area contributed by atoms with E-state index in [4.69, 9.17) is 5.26 Å². The number of hydrogen-bond acceptors (Lipinski definition) is 5. The Morgan fingerprint density at radius 2 is 2.25 bits per heavy atom. The van der Waals surface area contributed by atoms with Crippen LogP contribution in [0, 0.1) is 18.3 Å². The van der Waals surface area contributed by atoms with Gasteiger partial charge in [0, 0.05) is 19.4 Å². The summed E-state index contributed by atoms with van der Waals surface area (Å²) in [6, 6.07) is 3.81. The van der Waals surface area contributed by atoms with Crippen LogP contribution >= 0.6 is 11.8 Å². The number of aromatic nitrogens is 4. The first kappa shape index (κ1) is 10.6. The Bertz CT molecular complexity index is 555. The largest absolute Gasteiger partial charge is 0.309 e. The van der Waals surface area contributed by atoms with Gasteiger partial charge in [-0.2, -0.15) is 5.26 Å². The zero-order valence-electron chi connectivity index (χ0n) is 8.88. The van der Waals surface area contributed by atoms with Crippen LogP contribution in [0.25, 0.3) is 0 Å². The Morgan fingerprint density at radius 3 is 2.88 bits per heavy atom. The van der Waals surface area contributed by atoms with E-state index in [1.165, 1.54) is 11.8 Å². The van der Waals surface area contributed by atoms with E-state index in [-0.39, 0.29) is 0 Å². The fraction of sp³-hybridized carbons (Fsp3) is 0.200. The van der Waals surface area contributed by atoms with Crippen LogP contribution in [0.5, 0.6) is 0 Å². The molecule has 0 saturated carbocycles. The number of aryl methyl sites for hydroxylation is 1. The molecule has 0 atom stereocenters. The standard InChI is InChI=1S/C10H9N5S/c1-7-13-14-10(15(7)2)16-9-6-12-4-3-8(9)5-11/h3-4,6H,1-2H3. The van der Waals surface area contributed by atoms with Crippen LogP contribution in [0.4, 0.5) is 0 Å². The smallest absolute Gasteiger partial charge is 0.195 e. The van der Waals surface area contributed by atoms with Crippen molar-refractivity contribution in [2.45, 2.75) is 17.0 Å². The summed E-state index contributed by atoms with van der Waals surface area (Å²) in [4.78, 5) is 4.79. The monoisotopic (exact) mass is 231 g/mol. The molecule has 2 aromatic rings. The van der Waals surface area contributed by atoms with Gasteiger partial charge in [0.25, 0.3) is 0 Å². The van der Waals surface area contributed by atoms with E-state index in [0.717, 1.165) is 15.9 Å². The van der Waals surface area contributed by atoms with Crippen LogP contribution in [-0.2, 0) is 7.05 Å². The van der Waals surface area contributed by atoms with Crippen LogP contribution in [-0.4, -0.2) is 19.7 Å². The first-order valence-electron chi connectivity index (χ1n) is 4.60. The summed E-state index contributed by atoms with van der Waals surface area (Å²) in [5.41, 5.74) is 0.598. The summed E-state index contributed by atoms with van der Waals surface area (Å²) >= 11 is 1.39. The van der Waals surface area contributed by atoms with E-state index < -0.39 is 0 Å². The topological polar surface area (TPSA) is 67.4 Å². The third kappa shape index (κ3) is 1.90. The van der Waals surface area contributed by atoms with Crippen LogP contribution in [0.3, 0.4) is 0 Å². The molecule has 6 heteroatoms. The van der Waals surface area contributed by atoms with Crippen molar-refractivity contribution in [1.29, 1.82) is 5.26 Å². The molecule has 80 valence electrons. The van der Waals surface area contributed by atoms with Crippen molar-refractivity contribution in [2.75, 3.05) is 0 Å². The van der Waals surface area contributed by atoms with Gasteiger partial charge in [-0.25, -0.2) is 0 Å². The molecule has 5 nitrogen and oxygen atoms in total. The Hall–Kier alpha value is -1.87. The maximum absolute atomic E-state index is 8.94. The molecular weight excluding hydrogens is 222 g/mol. The molecule has 0 N–H and O–H groups in total. The molecule has 0 aliphatic heterocycles. The Kier molecular flexibility index (Phi) is 2.88. The van der Waals surface area contributed by atoms with Crippen molar-refractivity contribution in [2.24, 2.45) is 7.05 Å². The summed E-state index contributed by atoms with van der Waals surface area (Å²) < 4.78 is 1.87. The lowest BCUT2D eigenvalue weighted by Crippen LogP contribution is -1.94. The summed E-state index contributed by atoms with van der Waals surface area (Å²) in [5.74, 6) is 0.838. The van der Waals surface area contributed by atoms with Gasteiger partial charge in [-0.3, -0.25) is 4.98 Å². The highest BCUT2D eigenvalue weighted by molar-refractivity contribution is 7.99. The SMILES string of the molecule is Cc1nnc(Sc2cnccc2C#N)n1C. The number of hydrogen-bond donors (Lipinski definition) is 0. The normalized spacial score (nSPS) is 10.1. The number of nitriles is 1. The molecule has 2 aromatic heterocycles. The maximum Gasteiger partial charge on any atom is 0.195 e. The van der Waals surface area contributed by atoms with Gasteiger partial charge < -0.3 is 4.57 Å². The van der Waals surface area contributed by atoms with Gasteiger partial charge in [-0.1, -0.05) is 0 Å². The average Bonchev–Trinajstić information content (AvgIpc) is 2.62. The zero-order chi connectivity index (χ0) is 11.5. The van der Waals surface area contributed by atoms with Crippen LogP contribution in [0.15, 0.2) is 28.5 Å². The first-order chi connectivity index (χ1) is 7.72. The van der Waals surface area contributed by atoms with Crippen molar-refractivity contribution in [3.05, 3.63) is 29.8 Å². The van der Waals surface area contributed by atoms with Crippen molar-refractivity contribution in [1.82, 2.24) is 19.7 Å². The quantitative estimate of drug-likeness (QED) is 0.784. The predicted molar refractivity (Wildman–Crippen MR) is 58.8 cm³/mol. The highest BCUT2D eigenvalue weighted by atomic mass is 32.2. The third-order valence-corrected chi connectivity index (χ3v) is 3.24. The van der Waals surface area contributed by atoms with E-state index in [1.54, 1.807) is 18.5 Å². The summed E-state index contributed by atoms with van der Waals surface area (Å²) in [5, 5.41) is 17.7. The minimum atomic E-state index is 0.598. The number of rotatable bonds is 2. The second-order valence-corrected chi connectivity index (χ2v) is 4.18. The highest BCUT2D eigenvalue weighted by Crippen LogP contribution is 2.27. The van der Waals surface area contributed by atoms with E-state index in [0.29, 0.717) is 5.56 Å². The number of pyridine rings is 1. The van der Waals surface area contributed by atoms with Crippen LogP contribution in [0.2, 0.25) is 0 Å². The minimum absolute atomic E-state index is 0.598. The van der Waals surface area contributed by atoms with Gasteiger partial charge in [-0.15, -0.1) is 10.2 Å². The van der Waals surface area contributed by atoms with Crippen molar-refractivity contribution in [3.63, 3.8) is 0 Å². The van der Waals surface area contributed by atoms with Crippen molar-refractivity contribution in [3.8, 4) is 6.07 Å². The van der Waals surface area contributed by atoms with Gasteiger partial charge in [0.15, 0.2) is 5.16 Å². The molecule has 2 heterocycles. The summed E-state index contributed by atoms with van der Waals surface area (Å²) in [6.07, 6.45) is 3.26. The fourth-order valence-corrected chi connectivity index (χ4v) is 2.01. The predicted octanol–water partition coefficient (Wildman–Crippen LogP) is 1.54. The van der Waals surface area contributed by atoms with Gasteiger partial charge in [0.05, 0.1) is 10.5 Å². The van der Waals surface area contributed by atoms with Gasteiger partial charge >= 0.3 is 0 Å². The molecule has 0 amide bonds. The van der Waals surface area contributed by atoms with Crippen molar-refractivity contribution >= 4 is 11.8 Å². The molecule has 0 radical (unpaired) electrons. The second kappa shape index (κ2) is 4.33. The van der Waals surface area contributed by atoms with Gasteiger partial charge in [-0.05, 0) is 24.8 Å². The molecule has 0 fully saturated rings. The lowest BCUT2D eigenvalue weighted by atomic mass is 10.3. The number of nitrogens with zero attached hydrogens (tertiary/aromatic N) is 5. The third-order valence-electron chi connectivity index (χ3n) is 2.16. The minimum Gasteiger partial charge on any atom is -0.309 e. The van der Waals surface area contributed by atoms with E-state index >= 15 is 0 Å². The fourth-order valence-electron chi connectivity index (χ4n) is 1.13. The Morgan fingerprint density at radius 1 is 1.44 bits per heavy atom. The van der Waals surface area contributed by atoms with E-state index in [1.807, 2.05) is 18.5 Å². The second-order valence-electron chi connectivity index (χ2n) is 3.17. The van der Waals surface area contributed by atoms with E-state index in [2.05, 4.69) is 21.3 Å². The van der Waals surface area contributed by atoms with Gasteiger partial charge in [0.2, 0.25) is 0 Å². The lowest BCUT2D eigenvalue weighted by Gasteiger charge is -2.02.